The van der Waals surface area contributed by atoms with Gasteiger partial charge in [0.05, 0.1) is 0 Å². The van der Waals surface area contributed by atoms with Gasteiger partial charge in [0.1, 0.15) is 5.69 Å². The van der Waals surface area contributed by atoms with Gasteiger partial charge in [0.2, 0.25) is 0 Å². The van der Waals surface area contributed by atoms with Crippen molar-refractivity contribution < 1.29 is 18.7 Å². The van der Waals surface area contributed by atoms with Crippen molar-refractivity contribution in [1.82, 2.24) is 10.2 Å². The fraction of sp³-hybridized carbons (Fsp3) is 0.429. The lowest BCUT2D eigenvalue weighted by Crippen LogP contribution is -2.09. The highest BCUT2D eigenvalue weighted by molar-refractivity contribution is 5.87. The molecule has 0 aliphatic rings. The Labute approximate surface area is 72.6 Å². The number of aromatic amines is 1. The quantitative estimate of drug-likeness (QED) is 0.743. The highest BCUT2D eigenvalue weighted by Crippen LogP contribution is 2.28. The van der Waals surface area contributed by atoms with Crippen molar-refractivity contribution in [2.75, 3.05) is 0 Å². The van der Waals surface area contributed by atoms with Crippen LogP contribution < -0.4 is 0 Å². The average molecular weight is 190 g/mol. The molecule has 0 saturated carbocycles. The molecule has 0 amide bonds. The van der Waals surface area contributed by atoms with Gasteiger partial charge in [-0.1, -0.05) is 0 Å². The van der Waals surface area contributed by atoms with Gasteiger partial charge in [0, 0.05) is 12.5 Å². The van der Waals surface area contributed by atoms with E-state index in [-0.39, 0.29) is 11.3 Å². The number of nitrogens with one attached hydrogen (secondary N) is 1. The van der Waals surface area contributed by atoms with Crippen molar-refractivity contribution >= 4 is 5.97 Å². The molecule has 0 atom stereocenters. The molecule has 0 fully saturated rings. The molecule has 0 aromatic carbocycles. The number of carboxylic acid groups (broad SMARTS) is 1. The monoisotopic (exact) mass is 190 g/mol. The first-order chi connectivity index (χ1) is 5.84. The summed E-state index contributed by atoms with van der Waals surface area (Å²) in [6.45, 7) is 1.97. The summed E-state index contributed by atoms with van der Waals surface area (Å²) in [6, 6.07) is 0. The highest BCUT2D eigenvalue weighted by Gasteiger charge is 2.31. The van der Waals surface area contributed by atoms with Gasteiger partial charge >= 0.3 is 5.97 Å². The molecule has 1 rings (SSSR count). The summed E-state index contributed by atoms with van der Waals surface area (Å²) in [5.74, 6) is -4.41. The van der Waals surface area contributed by atoms with Crippen LogP contribution in [0.4, 0.5) is 8.78 Å². The van der Waals surface area contributed by atoms with Gasteiger partial charge in [-0.3, -0.25) is 5.10 Å². The zero-order valence-electron chi connectivity index (χ0n) is 7.06. The Hall–Kier alpha value is -1.46. The van der Waals surface area contributed by atoms with Crippen LogP contribution >= 0.6 is 0 Å². The number of aromatic nitrogens is 2. The van der Waals surface area contributed by atoms with Crippen molar-refractivity contribution in [3.63, 3.8) is 0 Å². The van der Waals surface area contributed by atoms with Crippen LogP contribution in [0.3, 0.4) is 0 Å². The third-order valence-corrected chi connectivity index (χ3v) is 1.65. The van der Waals surface area contributed by atoms with Crippen molar-refractivity contribution in [2.24, 2.45) is 0 Å². The van der Waals surface area contributed by atoms with Crippen LogP contribution in [-0.2, 0) is 5.92 Å². The van der Waals surface area contributed by atoms with E-state index >= 15 is 0 Å². The zero-order chi connectivity index (χ0) is 10.2. The predicted molar refractivity (Wildman–Crippen MR) is 39.9 cm³/mol. The Balaban J connectivity index is 3.22. The van der Waals surface area contributed by atoms with Crippen LogP contribution in [0.5, 0.6) is 0 Å². The van der Waals surface area contributed by atoms with E-state index in [9.17, 15) is 13.6 Å². The van der Waals surface area contributed by atoms with Crippen molar-refractivity contribution in [3.8, 4) is 0 Å². The summed E-state index contributed by atoms with van der Waals surface area (Å²) in [5, 5.41) is 13.8. The molecule has 2 N–H and O–H groups in total. The molecule has 0 unspecified atom stereocenters. The molecule has 1 aromatic heterocycles. The first kappa shape index (κ1) is 9.63. The smallest absolute Gasteiger partial charge is 0.356 e. The first-order valence-corrected chi connectivity index (χ1v) is 3.50. The van der Waals surface area contributed by atoms with E-state index in [1.807, 2.05) is 5.10 Å². The molecule has 1 heterocycles. The van der Waals surface area contributed by atoms with Crippen LogP contribution in [-0.4, -0.2) is 21.3 Å². The minimum absolute atomic E-state index is 0.0278. The van der Waals surface area contributed by atoms with Gasteiger partial charge in [0.15, 0.2) is 5.69 Å². The van der Waals surface area contributed by atoms with E-state index < -0.39 is 17.6 Å². The van der Waals surface area contributed by atoms with E-state index in [0.717, 1.165) is 0 Å². The maximum Gasteiger partial charge on any atom is 0.356 e. The Morgan fingerprint density at radius 1 is 1.62 bits per heavy atom. The SMILES string of the molecule is Cc1c(C(=O)O)n[nH]c1C(C)(F)F. The van der Waals surface area contributed by atoms with E-state index in [2.05, 4.69) is 5.10 Å². The fourth-order valence-corrected chi connectivity index (χ4v) is 1.03. The van der Waals surface area contributed by atoms with E-state index in [1.54, 1.807) is 0 Å². The number of rotatable bonds is 2. The lowest BCUT2D eigenvalue weighted by Gasteiger charge is -2.07. The van der Waals surface area contributed by atoms with Crippen LogP contribution in [0, 0.1) is 6.92 Å². The van der Waals surface area contributed by atoms with Crippen molar-refractivity contribution in [1.29, 1.82) is 0 Å². The lowest BCUT2D eigenvalue weighted by atomic mass is 10.1. The zero-order valence-corrected chi connectivity index (χ0v) is 7.06. The Morgan fingerprint density at radius 3 is 2.38 bits per heavy atom. The number of carboxylic acids is 1. The summed E-state index contributed by atoms with van der Waals surface area (Å²) in [5.41, 5.74) is -0.846. The number of hydrogen-bond acceptors (Lipinski definition) is 2. The lowest BCUT2D eigenvalue weighted by molar-refractivity contribution is 0.0121. The minimum Gasteiger partial charge on any atom is -0.476 e. The molecule has 72 valence electrons. The van der Waals surface area contributed by atoms with Crippen molar-refractivity contribution in [3.05, 3.63) is 17.0 Å². The molecule has 1 aromatic rings. The summed E-state index contributed by atoms with van der Waals surface area (Å²) in [4.78, 5) is 10.4. The number of H-pyrrole nitrogens is 1. The molecule has 6 heteroatoms. The van der Waals surface area contributed by atoms with Crippen LogP contribution in [0.1, 0.15) is 28.7 Å². The van der Waals surface area contributed by atoms with Crippen LogP contribution in [0.25, 0.3) is 0 Å². The second-order valence-corrected chi connectivity index (χ2v) is 2.77. The number of alkyl halides is 2. The number of hydrogen-bond donors (Lipinski definition) is 2. The summed E-state index contributed by atoms with van der Waals surface area (Å²) < 4.78 is 25.5. The normalized spacial score (nSPS) is 11.7. The second-order valence-electron chi connectivity index (χ2n) is 2.77. The topological polar surface area (TPSA) is 66.0 Å². The Bertz CT molecular complexity index is 341. The number of aromatic carboxylic acids is 1. The van der Waals surface area contributed by atoms with E-state index in [0.29, 0.717) is 6.92 Å². The third-order valence-electron chi connectivity index (χ3n) is 1.65. The molecule has 0 bridgehead atoms. The molecule has 0 aliphatic heterocycles. The van der Waals surface area contributed by atoms with Gasteiger partial charge < -0.3 is 5.11 Å². The van der Waals surface area contributed by atoms with Crippen LogP contribution in [0.15, 0.2) is 0 Å². The number of carbonyl (C=O) groups is 1. The predicted octanol–water partition coefficient (Wildman–Crippen LogP) is 1.53. The second kappa shape index (κ2) is 2.79. The number of halogens is 2. The molecule has 13 heavy (non-hydrogen) atoms. The van der Waals surface area contributed by atoms with E-state index in [1.165, 1.54) is 6.92 Å². The first-order valence-electron chi connectivity index (χ1n) is 3.50. The third kappa shape index (κ3) is 1.66. The Morgan fingerprint density at radius 2 is 2.15 bits per heavy atom. The summed E-state index contributed by atoms with van der Waals surface area (Å²) >= 11 is 0. The van der Waals surface area contributed by atoms with Gasteiger partial charge in [-0.05, 0) is 6.92 Å². The van der Waals surface area contributed by atoms with Crippen molar-refractivity contribution in [2.45, 2.75) is 19.8 Å². The maximum absolute atomic E-state index is 12.7. The standard InChI is InChI=1S/C7H8F2N2O2/c1-3-4(6(12)13)10-11-5(3)7(2,8)9/h1-2H3,(H,10,11)(H,12,13). The van der Waals surface area contributed by atoms with Gasteiger partial charge in [-0.25, -0.2) is 4.79 Å². The molecular weight excluding hydrogens is 182 g/mol. The number of nitrogens with zero attached hydrogens (tertiary/aromatic N) is 1. The average Bonchev–Trinajstić information content (AvgIpc) is 2.28. The molecule has 4 nitrogen and oxygen atoms in total. The summed E-state index contributed by atoms with van der Waals surface area (Å²) in [7, 11) is 0. The molecule has 0 spiro atoms. The highest BCUT2D eigenvalue weighted by atomic mass is 19.3. The van der Waals surface area contributed by atoms with Gasteiger partial charge in [0.25, 0.3) is 5.92 Å². The molecule has 0 saturated heterocycles. The molecule has 0 radical (unpaired) electrons. The fourth-order valence-electron chi connectivity index (χ4n) is 1.03. The molecular formula is C7H8F2N2O2. The molecule has 0 aliphatic carbocycles. The Kier molecular flexibility index (Phi) is 2.07. The van der Waals surface area contributed by atoms with Gasteiger partial charge in [-0.15, -0.1) is 0 Å². The van der Waals surface area contributed by atoms with Gasteiger partial charge in [-0.2, -0.15) is 13.9 Å². The largest absolute Gasteiger partial charge is 0.476 e. The maximum atomic E-state index is 12.7. The van der Waals surface area contributed by atoms with Crippen LogP contribution in [0.2, 0.25) is 0 Å². The van der Waals surface area contributed by atoms with E-state index in [4.69, 9.17) is 5.11 Å². The summed E-state index contributed by atoms with van der Waals surface area (Å²) in [6.07, 6.45) is 0. The minimum atomic E-state index is -3.09.